The molecule has 2 aromatic rings. The van der Waals surface area contributed by atoms with Crippen LogP contribution in [0, 0.1) is 6.92 Å². The highest BCUT2D eigenvalue weighted by Gasteiger charge is 2.34. The number of rotatable bonds is 7. The van der Waals surface area contributed by atoms with Gasteiger partial charge in [-0.1, -0.05) is 47.5 Å². The van der Waals surface area contributed by atoms with Crippen molar-refractivity contribution in [3.63, 3.8) is 0 Å². The average molecular weight is 458 g/mol. The Labute approximate surface area is 188 Å². The number of carbonyl (C=O) groups is 4. The van der Waals surface area contributed by atoms with Gasteiger partial charge in [-0.2, -0.15) is 0 Å². The number of aryl methyl sites for hydroxylation is 1. The van der Waals surface area contributed by atoms with E-state index in [1.165, 1.54) is 0 Å². The lowest BCUT2D eigenvalue weighted by Crippen LogP contribution is -2.41. The second kappa shape index (κ2) is 10.3. The van der Waals surface area contributed by atoms with Crippen molar-refractivity contribution in [2.45, 2.75) is 6.92 Å². The van der Waals surface area contributed by atoms with Gasteiger partial charge in [0.1, 0.15) is 0 Å². The molecule has 31 heavy (non-hydrogen) atoms. The fourth-order valence-electron chi connectivity index (χ4n) is 2.84. The number of imide groups is 1. The van der Waals surface area contributed by atoms with E-state index < -0.39 is 17.1 Å². The lowest BCUT2D eigenvalue weighted by atomic mass is 10.1. The van der Waals surface area contributed by atoms with E-state index >= 15 is 0 Å². The molecule has 1 heterocycles. The van der Waals surface area contributed by atoms with Gasteiger partial charge in [-0.3, -0.25) is 24.1 Å². The van der Waals surface area contributed by atoms with Gasteiger partial charge in [0.2, 0.25) is 5.91 Å². The van der Waals surface area contributed by atoms with Crippen LogP contribution in [0.3, 0.4) is 0 Å². The number of halogens is 1. The van der Waals surface area contributed by atoms with Crippen molar-refractivity contribution in [1.29, 1.82) is 0 Å². The molecule has 1 saturated heterocycles. The van der Waals surface area contributed by atoms with E-state index in [2.05, 4.69) is 10.6 Å². The van der Waals surface area contributed by atoms with Crippen LogP contribution < -0.4 is 10.6 Å². The van der Waals surface area contributed by atoms with E-state index in [-0.39, 0.29) is 30.4 Å². The Morgan fingerprint density at radius 2 is 1.87 bits per heavy atom. The molecule has 0 aromatic heterocycles. The summed E-state index contributed by atoms with van der Waals surface area (Å²) in [5, 5.41) is 5.20. The SMILES string of the molecule is Cc1cccc(C(=O)NCC(=O)NCCN2C(=O)S/C(=C\c3ccccc3Cl)C2=O)c1. The fourth-order valence-corrected chi connectivity index (χ4v) is 3.89. The lowest BCUT2D eigenvalue weighted by Gasteiger charge is -2.13. The maximum Gasteiger partial charge on any atom is 0.293 e. The Morgan fingerprint density at radius 3 is 2.61 bits per heavy atom. The highest BCUT2D eigenvalue weighted by atomic mass is 35.5. The zero-order valence-corrected chi connectivity index (χ0v) is 18.3. The molecule has 0 radical (unpaired) electrons. The molecule has 2 aromatic carbocycles. The van der Waals surface area contributed by atoms with E-state index in [1.807, 2.05) is 13.0 Å². The molecule has 1 aliphatic rings. The molecule has 0 atom stereocenters. The summed E-state index contributed by atoms with van der Waals surface area (Å²) in [5.41, 5.74) is 2.06. The molecule has 0 spiro atoms. The minimum Gasteiger partial charge on any atom is -0.353 e. The molecule has 0 saturated carbocycles. The Hall–Kier alpha value is -3.10. The smallest absolute Gasteiger partial charge is 0.293 e. The van der Waals surface area contributed by atoms with Crippen molar-refractivity contribution in [2.24, 2.45) is 0 Å². The summed E-state index contributed by atoms with van der Waals surface area (Å²) < 4.78 is 0. The predicted octanol–water partition coefficient (Wildman–Crippen LogP) is 3.23. The number of hydrogen-bond acceptors (Lipinski definition) is 5. The van der Waals surface area contributed by atoms with Crippen LogP contribution in [-0.2, 0) is 9.59 Å². The van der Waals surface area contributed by atoms with Gasteiger partial charge in [0.25, 0.3) is 17.1 Å². The minimum atomic E-state index is -0.433. The van der Waals surface area contributed by atoms with Crippen molar-refractivity contribution in [1.82, 2.24) is 15.5 Å². The monoisotopic (exact) mass is 457 g/mol. The van der Waals surface area contributed by atoms with Crippen LogP contribution in [0.2, 0.25) is 5.02 Å². The van der Waals surface area contributed by atoms with Gasteiger partial charge in [-0.05, 0) is 48.5 Å². The molecule has 1 aliphatic heterocycles. The molecular formula is C22H20ClN3O4S. The average Bonchev–Trinajstić information content (AvgIpc) is 3.01. The topological polar surface area (TPSA) is 95.6 Å². The first kappa shape index (κ1) is 22.6. The van der Waals surface area contributed by atoms with Crippen LogP contribution in [-0.4, -0.2) is 47.5 Å². The first-order valence-electron chi connectivity index (χ1n) is 9.46. The third kappa shape index (κ3) is 5.96. The summed E-state index contributed by atoms with van der Waals surface area (Å²) in [6.45, 7) is 1.78. The first-order chi connectivity index (χ1) is 14.8. The molecule has 160 valence electrons. The summed E-state index contributed by atoms with van der Waals surface area (Å²) in [6, 6.07) is 14.0. The third-order valence-electron chi connectivity index (χ3n) is 4.41. The van der Waals surface area contributed by atoms with E-state index in [9.17, 15) is 19.2 Å². The number of nitrogens with zero attached hydrogens (tertiary/aromatic N) is 1. The minimum absolute atomic E-state index is 0.0299. The molecule has 1 fully saturated rings. The normalized spacial score (nSPS) is 14.8. The summed E-state index contributed by atoms with van der Waals surface area (Å²) in [4.78, 5) is 50.1. The number of thioether (sulfide) groups is 1. The van der Waals surface area contributed by atoms with Crippen molar-refractivity contribution in [3.05, 3.63) is 75.1 Å². The molecule has 4 amide bonds. The van der Waals surface area contributed by atoms with Crippen LogP contribution in [0.4, 0.5) is 4.79 Å². The molecule has 7 nitrogen and oxygen atoms in total. The van der Waals surface area contributed by atoms with Crippen LogP contribution in [0.15, 0.2) is 53.4 Å². The Bertz CT molecular complexity index is 1070. The number of carbonyl (C=O) groups excluding carboxylic acids is 4. The van der Waals surface area contributed by atoms with Gasteiger partial charge in [-0.25, -0.2) is 0 Å². The first-order valence-corrected chi connectivity index (χ1v) is 10.7. The van der Waals surface area contributed by atoms with Gasteiger partial charge in [-0.15, -0.1) is 0 Å². The maximum atomic E-state index is 12.5. The molecule has 3 rings (SSSR count). The second-order valence-electron chi connectivity index (χ2n) is 6.76. The fraction of sp³-hybridized carbons (Fsp3) is 0.182. The standard InChI is InChI=1S/C22H20ClN3O4S/c1-14-5-4-7-16(11-14)20(28)25-13-19(27)24-9-10-26-21(29)18(31-22(26)30)12-15-6-2-3-8-17(15)23/h2-8,11-12H,9-10,13H2,1H3,(H,24,27)(H,25,28)/b18-12-. The van der Waals surface area contributed by atoms with Crippen molar-refractivity contribution < 1.29 is 19.2 Å². The lowest BCUT2D eigenvalue weighted by molar-refractivity contribution is -0.124. The second-order valence-corrected chi connectivity index (χ2v) is 8.16. The van der Waals surface area contributed by atoms with Crippen molar-refractivity contribution in [2.75, 3.05) is 19.6 Å². The predicted molar refractivity (Wildman–Crippen MR) is 121 cm³/mol. The van der Waals surface area contributed by atoms with Crippen LogP contribution in [0.25, 0.3) is 6.08 Å². The van der Waals surface area contributed by atoms with E-state index in [1.54, 1.807) is 48.5 Å². The number of benzene rings is 2. The third-order valence-corrected chi connectivity index (χ3v) is 5.66. The summed E-state index contributed by atoms with van der Waals surface area (Å²) in [6.07, 6.45) is 1.58. The zero-order valence-electron chi connectivity index (χ0n) is 16.7. The highest BCUT2D eigenvalue weighted by Crippen LogP contribution is 2.33. The number of amides is 4. The highest BCUT2D eigenvalue weighted by molar-refractivity contribution is 8.18. The number of hydrogen-bond donors (Lipinski definition) is 2. The Morgan fingerprint density at radius 1 is 1.10 bits per heavy atom. The Balaban J connectivity index is 1.47. The van der Waals surface area contributed by atoms with Crippen LogP contribution >= 0.6 is 23.4 Å². The molecule has 0 bridgehead atoms. The molecule has 2 N–H and O–H groups in total. The maximum absolute atomic E-state index is 12.5. The zero-order chi connectivity index (χ0) is 22.4. The summed E-state index contributed by atoms with van der Waals surface area (Å²) >= 11 is 6.93. The van der Waals surface area contributed by atoms with Crippen LogP contribution in [0.5, 0.6) is 0 Å². The van der Waals surface area contributed by atoms with Gasteiger partial charge < -0.3 is 10.6 Å². The van der Waals surface area contributed by atoms with Crippen molar-refractivity contribution >= 4 is 52.4 Å². The summed E-state index contributed by atoms with van der Waals surface area (Å²) in [5.74, 6) is -1.20. The molecule has 0 unspecified atom stereocenters. The van der Waals surface area contributed by atoms with Gasteiger partial charge >= 0.3 is 0 Å². The van der Waals surface area contributed by atoms with Gasteiger partial charge in [0.15, 0.2) is 0 Å². The van der Waals surface area contributed by atoms with E-state index in [0.29, 0.717) is 16.1 Å². The molecular weight excluding hydrogens is 438 g/mol. The number of nitrogens with one attached hydrogen (secondary N) is 2. The molecule has 9 heteroatoms. The van der Waals surface area contributed by atoms with E-state index in [4.69, 9.17) is 11.6 Å². The molecule has 0 aliphatic carbocycles. The largest absolute Gasteiger partial charge is 0.353 e. The van der Waals surface area contributed by atoms with Gasteiger partial charge in [0, 0.05) is 23.7 Å². The quantitative estimate of drug-likeness (QED) is 0.622. The van der Waals surface area contributed by atoms with Crippen LogP contribution in [0.1, 0.15) is 21.5 Å². The Kier molecular flexibility index (Phi) is 7.49. The summed E-state index contributed by atoms with van der Waals surface area (Å²) in [7, 11) is 0. The van der Waals surface area contributed by atoms with Gasteiger partial charge in [0.05, 0.1) is 11.4 Å². The van der Waals surface area contributed by atoms with E-state index in [0.717, 1.165) is 22.2 Å². The van der Waals surface area contributed by atoms with Crippen molar-refractivity contribution in [3.8, 4) is 0 Å².